The van der Waals surface area contributed by atoms with Gasteiger partial charge >= 0.3 is 5.97 Å². The average Bonchev–Trinajstić information content (AvgIpc) is 2.95. The lowest BCUT2D eigenvalue weighted by Gasteiger charge is -2.14. The molecule has 0 bridgehead atoms. The van der Waals surface area contributed by atoms with Crippen molar-refractivity contribution in [3.63, 3.8) is 0 Å². The van der Waals surface area contributed by atoms with E-state index in [1.807, 2.05) is 19.9 Å². The molecule has 0 aliphatic heterocycles. The van der Waals surface area contributed by atoms with Gasteiger partial charge in [-0.2, -0.15) is 0 Å². The minimum atomic E-state index is -3.80. The molecule has 1 aromatic heterocycles. The Morgan fingerprint density at radius 2 is 1.78 bits per heavy atom. The fraction of sp³-hybridized carbons (Fsp3) is 0.450. The van der Waals surface area contributed by atoms with E-state index in [1.165, 1.54) is 11.3 Å². The van der Waals surface area contributed by atoms with E-state index in [4.69, 9.17) is 4.74 Å². The van der Waals surface area contributed by atoms with Crippen molar-refractivity contribution in [1.82, 2.24) is 0 Å². The summed E-state index contributed by atoms with van der Waals surface area (Å²) in [5, 5.41) is 0.373. The summed E-state index contributed by atoms with van der Waals surface area (Å²) in [5.41, 5.74) is 3.98. The van der Waals surface area contributed by atoms with Crippen LogP contribution < -0.4 is 4.72 Å². The molecule has 0 radical (unpaired) electrons. The molecule has 0 unspecified atom stereocenters. The Bertz CT molecular complexity index is 990. The first-order valence-electron chi connectivity index (χ1n) is 9.17. The second-order valence-electron chi connectivity index (χ2n) is 6.94. The van der Waals surface area contributed by atoms with Crippen LogP contribution in [0.3, 0.4) is 0 Å². The number of ether oxygens (including phenoxy) is 1. The quantitative estimate of drug-likeness (QED) is 0.739. The fourth-order valence-corrected chi connectivity index (χ4v) is 6.35. The lowest BCUT2D eigenvalue weighted by Crippen LogP contribution is -2.17. The zero-order valence-electron chi connectivity index (χ0n) is 16.1. The number of sulfonamides is 1. The summed E-state index contributed by atoms with van der Waals surface area (Å²) in [7, 11) is -3.80. The molecule has 0 saturated carbocycles. The van der Waals surface area contributed by atoms with Crippen LogP contribution in [0.1, 0.15) is 57.3 Å². The number of nitrogens with one attached hydrogen (secondary N) is 1. The summed E-state index contributed by atoms with van der Waals surface area (Å²) in [5.74, 6) is -0.452. The first-order chi connectivity index (χ1) is 12.7. The smallest absolute Gasteiger partial charge is 0.341 e. The van der Waals surface area contributed by atoms with Gasteiger partial charge in [0.15, 0.2) is 0 Å². The molecule has 0 amide bonds. The van der Waals surface area contributed by atoms with Crippen LogP contribution in [0.4, 0.5) is 5.00 Å². The van der Waals surface area contributed by atoms with E-state index in [9.17, 15) is 13.2 Å². The Labute approximate surface area is 164 Å². The van der Waals surface area contributed by atoms with Crippen molar-refractivity contribution in [2.24, 2.45) is 0 Å². The molecule has 0 spiro atoms. The van der Waals surface area contributed by atoms with Crippen molar-refractivity contribution in [1.29, 1.82) is 0 Å². The molecule has 1 aliphatic rings. The molecule has 0 saturated heterocycles. The maximum absolute atomic E-state index is 13.1. The van der Waals surface area contributed by atoms with Gasteiger partial charge in [-0.05, 0) is 81.7 Å². The number of hydrogen-bond acceptors (Lipinski definition) is 5. The maximum atomic E-state index is 13.1. The van der Waals surface area contributed by atoms with Gasteiger partial charge in [-0.25, -0.2) is 13.2 Å². The van der Waals surface area contributed by atoms with Gasteiger partial charge in [0.2, 0.25) is 0 Å². The summed E-state index contributed by atoms with van der Waals surface area (Å²) < 4.78 is 34.0. The molecular formula is C20H25NO4S2. The highest BCUT2D eigenvalue weighted by Gasteiger charge is 2.29. The van der Waals surface area contributed by atoms with Crippen molar-refractivity contribution in [3.8, 4) is 0 Å². The lowest BCUT2D eigenvalue weighted by molar-refractivity contribution is 0.0526. The third-order valence-corrected chi connectivity index (χ3v) is 7.79. The Kier molecular flexibility index (Phi) is 5.63. The number of anilines is 1. The van der Waals surface area contributed by atoms with Crippen molar-refractivity contribution >= 4 is 32.3 Å². The Hall–Kier alpha value is -1.86. The standard InChI is InChI=1S/C20H25NO4S2/c1-5-25-20(22)18-15-8-6-7-9-16(15)26-19(18)21-27(23,24)17-11-13(3)12(2)10-14(17)4/h10-11,21H,5-9H2,1-4H3. The highest BCUT2D eigenvalue weighted by atomic mass is 32.2. The van der Waals surface area contributed by atoms with E-state index in [1.54, 1.807) is 19.9 Å². The number of carbonyl (C=O) groups is 1. The Morgan fingerprint density at radius 3 is 2.48 bits per heavy atom. The molecule has 27 heavy (non-hydrogen) atoms. The average molecular weight is 408 g/mol. The second kappa shape index (κ2) is 7.64. The van der Waals surface area contributed by atoms with Gasteiger partial charge in [-0.1, -0.05) is 6.07 Å². The second-order valence-corrected chi connectivity index (χ2v) is 9.70. The first kappa shape index (κ1) is 19.9. The molecular weight excluding hydrogens is 382 g/mol. The van der Waals surface area contributed by atoms with Gasteiger partial charge in [0.25, 0.3) is 10.0 Å². The van der Waals surface area contributed by atoms with E-state index in [-0.39, 0.29) is 11.5 Å². The van der Waals surface area contributed by atoms with Gasteiger partial charge in [-0.15, -0.1) is 11.3 Å². The van der Waals surface area contributed by atoms with Crippen LogP contribution in [0.25, 0.3) is 0 Å². The maximum Gasteiger partial charge on any atom is 0.341 e. The predicted octanol–water partition coefficient (Wildman–Crippen LogP) is 4.53. The van der Waals surface area contributed by atoms with E-state index in [0.717, 1.165) is 47.3 Å². The van der Waals surface area contributed by atoms with E-state index in [0.29, 0.717) is 16.1 Å². The normalized spacial score (nSPS) is 13.9. The van der Waals surface area contributed by atoms with E-state index < -0.39 is 16.0 Å². The molecule has 0 fully saturated rings. The van der Waals surface area contributed by atoms with Crippen LogP contribution >= 0.6 is 11.3 Å². The summed E-state index contributed by atoms with van der Waals surface area (Å²) in [6.07, 6.45) is 3.71. The molecule has 3 rings (SSSR count). The minimum Gasteiger partial charge on any atom is -0.462 e. The van der Waals surface area contributed by atoms with E-state index in [2.05, 4.69) is 4.72 Å². The van der Waals surface area contributed by atoms with Crippen molar-refractivity contribution in [2.45, 2.75) is 58.3 Å². The molecule has 0 atom stereocenters. The van der Waals surface area contributed by atoms with Crippen molar-refractivity contribution in [2.75, 3.05) is 11.3 Å². The number of aryl methyl sites for hydroxylation is 4. The topological polar surface area (TPSA) is 72.5 Å². The number of carbonyl (C=O) groups excluding carboxylic acids is 1. The number of hydrogen-bond donors (Lipinski definition) is 1. The van der Waals surface area contributed by atoms with Crippen LogP contribution in [0, 0.1) is 20.8 Å². The van der Waals surface area contributed by atoms with Gasteiger partial charge < -0.3 is 4.74 Å². The molecule has 146 valence electrons. The molecule has 1 aromatic carbocycles. The molecule has 5 nitrogen and oxygen atoms in total. The largest absolute Gasteiger partial charge is 0.462 e. The van der Waals surface area contributed by atoms with Crippen molar-refractivity contribution < 1.29 is 17.9 Å². The molecule has 1 N–H and O–H groups in total. The highest BCUT2D eigenvalue weighted by Crippen LogP contribution is 2.39. The minimum absolute atomic E-state index is 0.242. The zero-order chi connectivity index (χ0) is 19.8. The van der Waals surface area contributed by atoms with Crippen LogP contribution in [0.5, 0.6) is 0 Å². The SMILES string of the molecule is CCOC(=O)c1c(NS(=O)(=O)c2cc(C)c(C)cc2C)sc2c1CCCC2. The van der Waals surface area contributed by atoms with Gasteiger partial charge in [0.1, 0.15) is 5.00 Å². The molecule has 7 heteroatoms. The molecule has 1 aliphatic carbocycles. The number of benzene rings is 1. The molecule has 2 aromatic rings. The third kappa shape index (κ3) is 3.89. The molecule has 1 heterocycles. The number of thiophene rings is 1. The first-order valence-corrected chi connectivity index (χ1v) is 11.5. The number of esters is 1. The van der Waals surface area contributed by atoms with Gasteiger partial charge in [-0.3, -0.25) is 4.72 Å². The summed E-state index contributed by atoms with van der Waals surface area (Å²) in [4.78, 5) is 13.9. The van der Waals surface area contributed by atoms with Crippen LogP contribution in [-0.4, -0.2) is 21.0 Å². The fourth-order valence-electron chi connectivity index (χ4n) is 3.46. The Balaban J connectivity index is 2.06. The highest BCUT2D eigenvalue weighted by molar-refractivity contribution is 7.93. The monoisotopic (exact) mass is 407 g/mol. The van der Waals surface area contributed by atoms with Gasteiger partial charge in [0.05, 0.1) is 17.1 Å². The van der Waals surface area contributed by atoms with Crippen molar-refractivity contribution in [3.05, 3.63) is 44.8 Å². The number of rotatable bonds is 5. The predicted molar refractivity (Wildman–Crippen MR) is 108 cm³/mol. The van der Waals surface area contributed by atoms with Crippen LogP contribution in [0.15, 0.2) is 17.0 Å². The summed E-state index contributed by atoms with van der Waals surface area (Å²) in [6, 6.07) is 3.56. The lowest BCUT2D eigenvalue weighted by atomic mass is 9.95. The summed E-state index contributed by atoms with van der Waals surface area (Å²) >= 11 is 1.36. The third-order valence-electron chi connectivity index (χ3n) is 4.96. The summed E-state index contributed by atoms with van der Waals surface area (Å²) in [6.45, 7) is 7.64. The van der Waals surface area contributed by atoms with Crippen LogP contribution in [0.2, 0.25) is 0 Å². The number of fused-ring (bicyclic) bond motifs is 1. The van der Waals surface area contributed by atoms with E-state index >= 15 is 0 Å². The van der Waals surface area contributed by atoms with Gasteiger partial charge in [0, 0.05) is 4.88 Å². The Morgan fingerprint density at radius 1 is 1.11 bits per heavy atom. The zero-order valence-corrected chi connectivity index (χ0v) is 17.8. The van der Waals surface area contributed by atoms with Crippen LogP contribution in [-0.2, 0) is 27.6 Å².